The Balaban J connectivity index is 1.35. The minimum absolute atomic E-state index is 0.0446. The number of halogens is 1. The van der Waals surface area contributed by atoms with Gasteiger partial charge in [0.15, 0.2) is 0 Å². The van der Waals surface area contributed by atoms with E-state index < -0.39 is 5.91 Å². The third-order valence-electron chi connectivity index (χ3n) is 5.22. The SMILES string of the molecule is NC(=O)c1ccc(NC(=O)C2CCCN(Cc3nc(-c4cccc(Br)c4)no3)C2)cc1. The second kappa shape index (κ2) is 9.40. The summed E-state index contributed by atoms with van der Waals surface area (Å²) in [5.74, 6) is 0.388. The van der Waals surface area contributed by atoms with Crippen LogP contribution in [0.2, 0.25) is 0 Å². The van der Waals surface area contributed by atoms with Crippen molar-refractivity contribution in [2.45, 2.75) is 19.4 Å². The van der Waals surface area contributed by atoms with Gasteiger partial charge in [-0.3, -0.25) is 14.5 Å². The standard InChI is InChI=1S/C22H22BrN5O3/c23-17-5-1-3-15(11-17)21-26-19(31-27-21)13-28-10-2-4-16(12-28)22(30)25-18-8-6-14(7-9-18)20(24)29/h1,3,5-9,11,16H,2,4,10,12-13H2,(H2,24,29)(H,25,30). The number of aromatic nitrogens is 2. The van der Waals surface area contributed by atoms with E-state index in [-0.39, 0.29) is 11.8 Å². The highest BCUT2D eigenvalue weighted by Gasteiger charge is 2.27. The van der Waals surface area contributed by atoms with Gasteiger partial charge in [0.1, 0.15) is 0 Å². The lowest BCUT2D eigenvalue weighted by molar-refractivity contribution is -0.121. The van der Waals surface area contributed by atoms with E-state index in [4.69, 9.17) is 10.3 Å². The second-order valence-corrected chi connectivity index (χ2v) is 8.44. The number of hydrogen-bond donors (Lipinski definition) is 2. The van der Waals surface area contributed by atoms with Crippen LogP contribution < -0.4 is 11.1 Å². The molecule has 160 valence electrons. The maximum absolute atomic E-state index is 12.7. The van der Waals surface area contributed by atoms with Gasteiger partial charge < -0.3 is 15.6 Å². The number of hydrogen-bond acceptors (Lipinski definition) is 6. The molecule has 1 aliphatic rings. The molecule has 2 aromatic carbocycles. The van der Waals surface area contributed by atoms with Crippen molar-refractivity contribution in [3.63, 3.8) is 0 Å². The number of carbonyl (C=O) groups is 2. The number of amides is 2. The van der Waals surface area contributed by atoms with E-state index in [1.54, 1.807) is 24.3 Å². The highest BCUT2D eigenvalue weighted by Crippen LogP contribution is 2.23. The molecule has 4 rings (SSSR count). The number of rotatable bonds is 6. The number of nitrogens with zero attached hydrogens (tertiary/aromatic N) is 3. The molecule has 8 nitrogen and oxygen atoms in total. The summed E-state index contributed by atoms with van der Waals surface area (Å²) in [7, 11) is 0. The molecule has 3 aromatic rings. The van der Waals surface area contributed by atoms with Crippen molar-refractivity contribution in [1.29, 1.82) is 0 Å². The Bertz CT molecular complexity index is 1080. The summed E-state index contributed by atoms with van der Waals surface area (Å²) in [5.41, 5.74) is 7.18. The van der Waals surface area contributed by atoms with Gasteiger partial charge in [-0.25, -0.2) is 0 Å². The highest BCUT2D eigenvalue weighted by molar-refractivity contribution is 9.10. The lowest BCUT2D eigenvalue weighted by atomic mass is 9.97. The fourth-order valence-electron chi connectivity index (χ4n) is 3.63. The Labute approximate surface area is 187 Å². The van der Waals surface area contributed by atoms with Crippen LogP contribution in [-0.4, -0.2) is 39.9 Å². The van der Waals surface area contributed by atoms with Crippen LogP contribution in [0.5, 0.6) is 0 Å². The van der Waals surface area contributed by atoms with Gasteiger partial charge in [-0.1, -0.05) is 33.2 Å². The number of nitrogens with one attached hydrogen (secondary N) is 1. The van der Waals surface area contributed by atoms with Gasteiger partial charge in [0.05, 0.1) is 12.5 Å². The van der Waals surface area contributed by atoms with Gasteiger partial charge in [-0.05, 0) is 55.8 Å². The van der Waals surface area contributed by atoms with E-state index in [0.29, 0.717) is 36.1 Å². The zero-order valence-corrected chi connectivity index (χ0v) is 18.3. The predicted octanol–water partition coefficient (Wildman–Crippen LogP) is 3.45. The number of carbonyl (C=O) groups excluding carboxylic acids is 2. The summed E-state index contributed by atoms with van der Waals surface area (Å²) in [5, 5.41) is 7.00. The first-order valence-electron chi connectivity index (χ1n) is 9.99. The molecular weight excluding hydrogens is 462 g/mol. The molecule has 9 heteroatoms. The number of piperidine rings is 1. The molecule has 2 amide bonds. The Morgan fingerprint density at radius 2 is 2.03 bits per heavy atom. The van der Waals surface area contributed by atoms with Crippen LogP contribution in [0.1, 0.15) is 29.1 Å². The molecule has 1 aromatic heterocycles. The molecule has 2 heterocycles. The van der Waals surface area contributed by atoms with E-state index in [2.05, 4.69) is 36.3 Å². The number of anilines is 1. The topological polar surface area (TPSA) is 114 Å². The van der Waals surface area contributed by atoms with Gasteiger partial charge >= 0.3 is 0 Å². The van der Waals surface area contributed by atoms with E-state index in [1.165, 1.54) is 0 Å². The second-order valence-electron chi connectivity index (χ2n) is 7.53. The first kappa shape index (κ1) is 21.2. The minimum atomic E-state index is -0.495. The number of benzene rings is 2. The van der Waals surface area contributed by atoms with Crippen LogP contribution in [0.15, 0.2) is 57.5 Å². The maximum atomic E-state index is 12.7. The van der Waals surface area contributed by atoms with Crippen LogP contribution in [0, 0.1) is 5.92 Å². The Kier molecular flexibility index (Phi) is 6.43. The lowest BCUT2D eigenvalue weighted by Gasteiger charge is -2.30. The lowest BCUT2D eigenvalue weighted by Crippen LogP contribution is -2.40. The third kappa shape index (κ3) is 5.36. The van der Waals surface area contributed by atoms with E-state index in [9.17, 15) is 9.59 Å². The van der Waals surface area contributed by atoms with Crippen LogP contribution in [0.25, 0.3) is 11.4 Å². The van der Waals surface area contributed by atoms with E-state index >= 15 is 0 Å². The summed E-state index contributed by atoms with van der Waals surface area (Å²) < 4.78 is 6.38. The number of primary amides is 1. The van der Waals surface area contributed by atoms with Crippen molar-refractivity contribution in [2.24, 2.45) is 11.7 Å². The van der Waals surface area contributed by atoms with Crippen LogP contribution in [0.4, 0.5) is 5.69 Å². The molecular formula is C22H22BrN5O3. The minimum Gasteiger partial charge on any atom is -0.366 e. The summed E-state index contributed by atoms with van der Waals surface area (Å²) in [4.78, 5) is 30.5. The van der Waals surface area contributed by atoms with Crippen molar-refractivity contribution in [1.82, 2.24) is 15.0 Å². The van der Waals surface area contributed by atoms with Gasteiger partial charge in [0.2, 0.25) is 23.5 Å². The Morgan fingerprint density at radius 1 is 1.23 bits per heavy atom. The normalized spacial score (nSPS) is 16.7. The summed E-state index contributed by atoms with van der Waals surface area (Å²) in [6.07, 6.45) is 1.72. The summed E-state index contributed by atoms with van der Waals surface area (Å²) >= 11 is 3.45. The van der Waals surface area contributed by atoms with Gasteiger partial charge in [0.25, 0.3) is 0 Å². The van der Waals surface area contributed by atoms with Crippen LogP contribution in [0.3, 0.4) is 0 Å². The maximum Gasteiger partial charge on any atom is 0.248 e. The van der Waals surface area contributed by atoms with Crippen molar-refractivity contribution in [2.75, 3.05) is 18.4 Å². The van der Waals surface area contributed by atoms with Crippen molar-refractivity contribution in [3.8, 4) is 11.4 Å². The molecule has 0 aliphatic carbocycles. The molecule has 1 atom stereocenters. The average Bonchev–Trinajstić information content (AvgIpc) is 3.23. The molecule has 1 saturated heterocycles. The summed E-state index contributed by atoms with van der Waals surface area (Å²) in [6, 6.07) is 14.3. The predicted molar refractivity (Wildman–Crippen MR) is 119 cm³/mol. The first-order valence-corrected chi connectivity index (χ1v) is 10.8. The number of likely N-dealkylation sites (tertiary alicyclic amines) is 1. The Hall–Kier alpha value is -3.04. The molecule has 3 N–H and O–H groups in total. The molecule has 0 spiro atoms. The van der Waals surface area contributed by atoms with Gasteiger partial charge in [-0.15, -0.1) is 0 Å². The molecule has 1 unspecified atom stereocenters. The fourth-order valence-corrected chi connectivity index (χ4v) is 4.03. The Morgan fingerprint density at radius 3 is 2.77 bits per heavy atom. The quantitative estimate of drug-likeness (QED) is 0.554. The largest absolute Gasteiger partial charge is 0.366 e. The zero-order chi connectivity index (χ0) is 21.8. The third-order valence-corrected chi connectivity index (χ3v) is 5.72. The molecule has 1 fully saturated rings. The molecule has 0 bridgehead atoms. The van der Waals surface area contributed by atoms with Crippen molar-refractivity contribution < 1.29 is 14.1 Å². The average molecular weight is 484 g/mol. The monoisotopic (exact) mass is 483 g/mol. The summed E-state index contributed by atoms with van der Waals surface area (Å²) in [6.45, 7) is 1.98. The van der Waals surface area contributed by atoms with E-state index in [0.717, 1.165) is 29.4 Å². The van der Waals surface area contributed by atoms with Gasteiger partial charge in [-0.2, -0.15) is 4.98 Å². The number of nitrogens with two attached hydrogens (primary N) is 1. The van der Waals surface area contributed by atoms with Crippen LogP contribution in [-0.2, 0) is 11.3 Å². The van der Waals surface area contributed by atoms with E-state index in [1.807, 2.05) is 24.3 Å². The molecule has 31 heavy (non-hydrogen) atoms. The first-order chi connectivity index (χ1) is 15.0. The zero-order valence-electron chi connectivity index (χ0n) is 16.8. The highest BCUT2D eigenvalue weighted by atomic mass is 79.9. The fraction of sp³-hybridized carbons (Fsp3) is 0.273. The van der Waals surface area contributed by atoms with Crippen LogP contribution >= 0.6 is 15.9 Å². The van der Waals surface area contributed by atoms with Crippen molar-refractivity contribution >= 4 is 33.4 Å². The molecule has 0 saturated carbocycles. The smallest absolute Gasteiger partial charge is 0.248 e. The molecule has 0 radical (unpaired) electrons. The van der Waals surface area contributed by atoms with Gasteiger partial charge in [0, 0.05) is 27.8 Å². The molecule has 1 aliphatic heterocycles. The van der Waals surface area contributed by atoms with Crippen molar-refractivity contribution in [3.05, 3.63) is 64.5 Å².